The van der Waals surface area contributed by atoms with E-state index in [1.807, 2.05) is 12.1 Å². The van der Waals surface area contributed by atoms with Crippen LogP contribution in [-0.2, 0) is 19.6 Å². The molecule has 2 aromatic rings. The number of amides is 2. The van der Waals surface area contributed by atoms with Crippen LogP contribution in [-0.4, -0.2) is 40.4 Å². The molecule has 2 saturated heterocycles. The third-order valence-electron chi connectivity index (χ3n) is 5.34. The maximum absolute atomic E-state index is 12.9. The predicted molar refractivity (Wildman–Crippen MR) is 113 cm³/mol. The van der Waals surface area contributed by atoms with Crippen molar-refractivity contribution in [1.29, 1.82) is 0 Å². The smallest absolute Gasteiger partial charge is 0.261 e. The fourth-order valence-electron chi connectivity index (χ4n) is 3.79. The molecule has 8 nitrogen and oxygen atoms in total. The molecule has 2 heterocycles. The summed E-state index contributed by atoms with van der Waals surface area (Å²) in [7, 11) is -2.52. The van der Waals surface area contributed by atoms with Crippen LogP contribution >= 0.6 is 0 Å². The summed E-state index contributed by atoms with van der Waals surface area (Å²) in [5.74, 6) is -0.496. The van der Waals surface area contributed by atoms with Crippen molar-refractivity contribution in [2.24, 2.45) is 0 Å². The van der Waals surface area contributed by atoms with Crippen LogP contribution < -0.4 is 19.3 Å². The maximum Gasteiger partial charge on any atom is 0.261 e. The lowest BCUT2D eigenvalue weighted by atomic mass is 10.2. The Kier molecular flexibility index (Phi) is 5.38. The number of imide groups is 1. The van der Waals surface area contributed by atoms with Gasteiger partial charge in [-0.15, -0.1) is 0 Å². The minimum atomic E-state index is -3.93. The maximum atomic E-state index is 12.9. The second kappa shape index (κ2) is 7.98. The molecule has 2 fully saturated rings. The Morgan fingerprint density at radius 3 is 2.17 bits per heavy atom. The zero-order chi connectivity index (χ0) is 21.3. The van der Waals surface area contributed by atoms with Crippen LogP contribution in [0.3, 0.4) is 0 Å². The van der Waals surface area contributed by atoms with Crippen LogP contribution in [0.5, 0.6) is 5.75 Å². The topological polar surface area (TPSA) is 96.0 Å². The standard InChI is InChI=1S/C21H23N3O5S/c1-29-19-9-8-17(14-18(19)24-20(25)10-11-21(24)26)30(27,28)22-15-4-6-16(7-5-15)23-12-2-3-13-23/h4-9,14,22H,2-3,10-13H2,1H3. The van der Waals surface area contributed by atoms with E-state index in [0.717, 1.165) is 36.5 Å². The monoisotopic (exact) mass is 429 g/mol. The molecule has 4 rings (SSSR count). The molecule has 0 aromatic heterocycles. The number of nitrogens with one attached hydrogen (secondary N) is 1. The Balaban J connectivity index is 1.60. The average molecular weight is 429 g/mol. The molecule has 30 heavy (non-hydrogen) atoms. The highest BCUT2D eigenvalue weighted by Crippen LogP contribution is 2.34. The molecule has 0 unspecified atom stereocenters. The molecule has 2 aromatic carbocycles. The summed E-state index contributed by atoms with van der Waals surface area (Å²) in [4.78, 5) is 27.4. The van der Waals surface area contributed by atoms with Gasteiger partial charge in [0.1, 0.15) is 5.75 Å². The van der Waals surface area contributed by atoms with E-state index in [1.165, 1.54) is 25.3 Å². The van der Waals surface area contributed by atoms with Gasteiger partial charge in [-0.2, -0.15) is 0 Å². The van der Waals surface area contributed by atoms with Crippen molar-refractivity contribution in [3.05, 3.63) is 42.5 Å². The van der Waals surface area contributed by atoms with Crippen LogP contribution in [0.2, 0.25) is 0 Å². The van der Waals surface area contributed by atoms with E-state index in [4.69, 9.17) is 4.74 Å². The average Bonchev–Trinajstić information content (AvgIpc) is 3.38. The molecule has 0 aliphatic carbocycles. The predicted octanol–water partition coefficient (Wildman–Crippen LogP) is 2.75. The first kappa shape index (κ1) is 20.2. The van der Waals surface area contributed by atoms with Gasteiger partial charge in [0.2, 0.25) is 11.8 Å². The number of hydrogen-bond acceptors (Lipinski definition) is 6. The third kappa shape index (κ3) is 3.85. The van der Waals surface area contributed by atoms with Gasteiger partial charge >= 0.3 is 0 Å². The van der Waals surface area contributed by atoms with Crippen molar-refractivity contribution in [3.63, 3.8) is 0 Å². The zero-order valence-electron chi connectivity index (χ0n) is 16.6. The molecule has 0 atom stereocenters. The molecule has 0 radical (unpaired) electrons. The Hall–Kier alpha value is -3.07. The van der Waals surface area contributed by atoms with Crippen molar-refractivity contribution < 1.29 is 22.7 Å². The second-order valence-corrected chi connectivity index (χ2v) is 8.99. The lowest BCUT2D eigenvalue weighted by molar-refractivity contribution is -0.121. The van der Waals surface area contributed by atoms with Crippen molar-refractivity contribution in [2.45, 2.75) is 30.6 Å². The zero-order valence-corrected chi connectivity index (χ0v) is 17.4. The number of carbonyl (C=O) groups excluding carboxylic acids is 2. The highest BCUT2D eigenvalue weighted by atomic mass is 32.2. The van der Waals surface area contributed by atoms with Gasteiger partial charge in [-0.25, -0.2) is 13.3 Å². The number of anilines is 3. The summed E-state index contributed by atoms with van der Waals surface area (Å²) in [5, 5.41) is 0. The summed E-state index contributed by atoms with van der Waals surface area (Å²) >= 11 is 0. The van der Waals surface area contributed by atoms with Gasteiger partial charge in [0.25, 0.3) is 10.0 Å². The van der Waals surface area contributed by atoms with Crippen LogP contribution in [0.4, 0.5) is 17.1 Å². The summed E-state index contributed by atoms with van der Waals surface area (Å²) in [6, 6.07) is 11.4. The summed E-state index contributed by atoms with van der Waals surface area (Å²) in [6.45, 7) is 2.02. The number of ether oxygens (including phenoxy) is 1. The molecule has 2 aliphatic rings. The lowest BCUT2D eigenvalue weighted by Crippen LogP contribution is -2.29. The highest BCUT2D eigenvalue weighted by Gasteiger charge is 2.33. The first-order valence-electron chi connectivity index (χ1n) is 9.81. The number of carbonyl (C=O) groups is 2. The third-order valence-corrected chi connectivity index (χ3v) is 6.72. The molecule has 158 valence electrons. The SMILES string of the molecule is COc1ccc(S(=O)(=O)Nc2ccc(N3CCCC3)cc2)cc1N1C(=O)CCC1=O. The van der Waals surface area contributed by atoms with Crippen molar-refractivity contribution >= 4 is 38.9 Å². The number of nitrogens with zero attached hydrogens (tertiary/aromatic N) is 2. The number of hydrogen-bond donors (Lipinski definition) is 1. The van der Waals surface area contributed by atoms with Crippen LogP contribution in [0.25, 0.3) is 0 Å². The quantitative estimate of drug-likeness (QED) is 0.710. The van der Waals surface area contributed by atoms with Gasteiger partial charge in [0.05, 0.1) is 17.7 Å². The minimum Gasteiger partial charge on any atom is -0.495 e. The molecule has 2 aliphatic heterocycles. The molecule has 9 heteroatoms. The van der Waals surface area contributed by atoms with Gasteiger partial charge in [-0.05, 0) is 55.3 Å². The van der Waals surface area contributed by atoms with E-state index in [9.17, 15) is 18.0 Å². The van der Waals surface area contributed by atoms with Crippen molar-refractivity contribution in [2.75, 3.05) is 34.7 Å². The number of sulfonamides is 1. The van der Waals surface area contributed by atoms with E-state index in [2.05, 4.69) is 9.62 Å². The van der Waals surface area contributed by atoms with Gasteiger partial charge in [0.15, 0.2) is 0 Å². The Morgan fingerprint density at radius 1 is 0.933 bits per heavy atom. The molecule has 1 N–H and O–H groups in total. The van der Waals surface area contributed by atoms with E-state index >= 15 is 0 Å². The van der Waals surface area contributed by atoms with E-state index in [0.29, 0.717) is 5.69 Å². The van der Waals surface area contributed by atoms with Gasteiger partial charge in [-0.3, -0.25) is 14.3 Å². The fraction of sp³-hybridized carbons (Fsp3) is 0.333. The summed E-state index contributed by atoms with van der Waals surface area (Å²) < 4.78 is 33.6. The van der Waals surface area contributed by atoms with Crippen molar-refractivity contribution in [3.8, 4) is 5.75 Å². The Bertz CT molecular complexity index is 1060. The van der Waals surface area contributed by atoms with Crippen LogP contribution in [0, 0.1) is 0 Å². The van der Waals surface area contributed by atoms with Crippen molar-refractivity contribution in [1.82, 2.24) is 0 Å². The first-order chi connectivity index (χ1) is 14.4. The minimum absolute atomic E-state index is 0.0607. The molecule has 2 amide bonds. The molecule has 0 saturated carbocycles. The molecular formula is C21H23N3O5S. The second-order valence-electron chi connectivity index (χ2n) is 7.30. The largest absolute Gasteiger partial charge is 0.495 e. The molecule has 0 bridgehead atoms. The highest BCUT2D eigenvalue weighted by molar-refractivity contribution is 7.92. The molecule has 0 spiro atoms. The fourth-order valence-corrected chi connectivity index (χ4v) is 4.86. The Labute approximate surface area is 175 Å². The number of methoxy groups -OCH3 is 1. The summed E-state index contributed by atoms with van der Waals surface area (Å²) in [5.41, 5.74) is 1.63. The first-order valence-corrected chi connectivity index (χ1v) is 11.3. The normalized spacial score (nSPS) is 17.0. The Morgan fingerprint density at radius 2 is 1.57 bits per heavy atom. The van der Waals surface area contributed by atoms with Gasteiger partial charge < -0.3 is 9.64 Å². The molecular weight excluding hydrogens is 406 g/mol. The van der Waals surface area contributed by atoms with Crippen LogP contribution in [0.1, 0.15) is 25.7 Å². The van der Waals surface area contributed by atoms with E-state index in [1.54, 1.807) is 12.1 Å². The lowest BCUT2D eigenvalue weighted by Gasteiger charge is -2.19. The number of rotatable bonds is 6. The number of benzene rings is 2. The van der Waals surface area contributed by atoms with E-state index in [-0.39, 0.29) is 41.0 Å². The van der Waals surface area contributed by atoms with E-state index < -0.39 is 10.0 Å². The van der Waals surface area contributed by atoms with Gasteiger partial charge in [0, 0.05) is 37.3 Å². The van der Waals surface area contributed by atoms with Gasteiger partial charge in [-0.1, -0.05) is 0 Å². The van der Waals surface area contributed by atoms with Crippen LogP contribution in [0.15, 0.2) is 47.4 Å². The summed E-state index contributed by atoms with van der Waals surface area (Å²) in [6.07, 6.45) is 2.52.